The number of hydrogen-bond acceptors (Lipinski definition) is 3. The van der Waals surface area contributed by atoms with Crippen molar-refractivity contribution in [3.63, 3.8) is 0 Å². The second-order valence-corrected chi connectivity index (χ2v) is 5.57. The van der Waals surface area contributed by atoms with Crippen LogP contribution in [-0.4, -0.2) is 5.78 Å². The Balaban J connectivity index is 1.78. The number of ketones is 1. The summed E-state index contributed by atoms with van der Waals surface area (Å²) in [5.74, 6) is -0.0206. The number of anilines is 2. The molecule has 114 valence electrons. The fourth-order valence-corrected chi connectivity index (χ4v) is 2.56. The van der Waals surface area contributed by atoms with Gasteiger partial charge in [0.2, 0.25) is 0 Å². The van der Waals surface area contributed by atoms with Crippen LogP contribution in [0.1, 0.15) is 27.0 Å². The molecule has 0 bridgehead atoms. The fraction of sp³-hybridized carbons (Fsp3) is 0.0500. The minimum absolute atomic E-state index is 0.0206. The average Bonchev–Trinajstić information content (AvgIpc) is 2.55. The number of hydrogen-bond donors (Lipinski definition) is 2. The lowest BCUT2D eigenvalue weighted by Crippen LogP contribution is -2.02. The Kier molecular flexibility index (Phi) is 4.11. The third kappa shape index (κ3) is 3.58. The summed E-state index contributed by atoms with van der Waals surface area (Å²) in [6.45, 7) is 0. The van der Waals surface area contributed by atoms with Gasteiger partial charge in [-0.1, -0.05) is 48.5 Å². The van der Waals surface area contributed by atoms with Crippen LogP contribution in [-0.2, 0) is 6.42 Å². The molecule has 23 heavy (non-hydrogen) atoms. The van der Waals surface area contributed by atoms with E-state index in [-0.39, 0.29) is 5.78 Å². The molecule has 4 N–H and O–H groups in total. The molecule has 0 saturated carbocycles. The quantitative estimate of drug-likeness (QED) is 0.570. The minimum Gasteiger partial charge on any atom is -0.399 e. The van der Waals surface area contributed by atoms with E-state index in [1.165, 1.54) is 0 Å². The lowest BCUT2D eigenvalue weighted by Gasteiger charge is -2.06. The summed E-state index contributed by atoms with van der Waals surface area (Å²) >= 11 is 0. The molecule has 0 spiro atoms. The van der Waals surface area contributed by atoms with Crippen LogP contribution >= 0.6 is 0 Å². The van der Waals surface area contributed by atoms with Gasteiger partial charge in [-0.15, -0.1) is 0 Å². The van der Waals surface area contributed by atoms with E-state index in [1.54, 1.807) is 24.3 Å². The average molecular weight is 302 g/mol. The monoisotopic (exact) mass is 302 g/mol. The highest BCUT2D eigenvalue weighted by Crippen LogP contribution is 2.16. The number of carbonyl (C=O) groups is 1. The van der Waals surface area contributed by atoms with Crippen molar-refractivity contribution in [1.82, 2.24) is 0 Å². The summed E-state index contributed by atoms with van der Waals surface area (Å²) in [6, 6.07) is 22.5. The van der Waals surface area contributed by atoms with E-state index in [4.69, 9.17) is 11.5 Å². The van der Waals surface area contributed by atoms with Gasteiger partial charge in [-0.05, 0) is 41.8 Å². The number of nitrogens with two attached hydrogens (primary N) is 2. The van der Waals surface area contributed by atoms with E-state index in [2.05, 4.69) is 0 Å². The summed E-state index contributed by atoms with van der Waals surface area (Å²) in [4.78, 5) is 12.4. The van der Waals surface area contributed by atoms with E-state index in [0.717, 1.165) is 23.2 Å². The van der Waals surface area contributed by atoms with E-state index in [9.17, 15) is 4.79 Å². The first-order valence-corrected chi connectivity index (χ1v) is 7.45. The lowest BCUT2D eigenvalue weighted by molar-refractivity contribution is 0.103. The molecule has 0 aromatic heterocycles. The highest BCUT2D eigenvalue weighted by molar-refractivity contribution is 6.09. The first-order valence-electron chi connectivity index (χ1n) is 7.45. The molecule has 0 amide bonds. The van der Waals surface area contributed by atoms with Crippen molar-refractivity contribution < 1.29 is 4.79 Å². The molecule has 0 unspecified atom stereocenters. The molecular weight excluding hydrogens is 284 g/mol. The molecule has 3 nitrogen and oxygen atoms in total. The van der Waals surface area contributed by atoms with Gasteiger partial charge in [0.05, 0.1) is 0 Å². The molecule has 3 rings (SSSR count). The maximum absolute atomic E-state index is 12.4. The van der Waals surface area contributed by atoms with Gasteiger partial charge in [0.25, 0.3) is 0 Å². The van der Waals surface area contributed by atoms with Crippen molar-refractivity contribution in [3.8, 4) is 0 Å². The summed E-state index contributed by atoms with van der Waals surface area (Å²) in [5.41, 5.74) is 16.4. The molecule has 3 aromatic rings. The second-order valence-electron chi connectivity index (χ2n) is 5.57. The predicted octanol–water partition coefficient (Wildman–Crippen LogP) is 3.67. The molecule has 0 aliphatic carbocycles. The molecule has 0 fully saturated rings. The normalized spacial score (nSPS) is 10.4. The fourth-order valence-electron chi connectivity index (χ4n) is 2.56. The molecule has 0 saturated heterocycles. The largest absolute Gasteiger partial charge is 0.399 e. The third-order valence-corrected chi connectivity index (χ3v) is 3.72. The van der Waals surface area contributed by atoms with Gasteiger partial charge in [0, 0.05) is 22.5 Å². The molecule has 3 heteroatoms. The van der Waals surface area contributed by atoms with Gasteiger partial charge in [0.1, 0.15) is 0 Å². The highest BCUT2D eigenvalue weighted by Gasteiger charge is 2.09. The van der Waals surface area contributed by atoms with E-state index in [1.807, 2.05) is 48.5 Å². The Hall–Kier alpha value is -3.07. The van der Waals surface area contributed by atoms with Crippen molar-refractivity contribution in [1.29, 1.82) is 0 Å². The summed E-state index contributed by atoms with van der Waals surface area (Å²) in [5, 5.41) is 0. The molecular formula is C20H18N2O. The van der Waals surface area contributed by atoms with Crippen LogP contribution < -0.4 is 11.5 Å². The van der Waals surface area contributed by atoms with Gasteiger partial charge in [-0.2, -0.15) is 0 Å². The number of carbonyl (C=O) groups excluding carboxylic acids is 1. The van der Waals surface area contributed by atoms with Crippen molar-refractivity contribution in [2.45, 2.75) is 6.42 Å². The zero-order valence-electron chi connectivity index (χ0n) is 12.7. The van der Waals surface area contributed by atoms with Gasteiger partial charge in [0.15, 0.2) is 5.78 Å². The molecule has 0 radical (unpaired) electrons. The van der Waals surface area contributed by atoms with Gasteiger partial charge in [-0.25, -0.2) is 0 Å². The van der Waals surface area contributed by atoms with Crippen LogP contribution in [0.25, 0.3) is 0 Å². The van der Waals surface area contributed by atoms with Crippen LogP contribution in [0, 0.1) is 0 Å². The predicted molar refractivity (Wildman–Crippen MR) is 94.4 cm³/mol. The Morgan fingerprint density at radius 1 is 0.696 bits per heavy atom. The molecule has 0 heterocycles. The lowest BCUT2D eigenvalue weighted by atomic mass is 9.99. The molecule has 0 aliphatic heterocycles. The Labute approximate surface area is 135 Å². The summed E-state index contributed by atoms with van der Waals surface area (Å²) in [6.07, 6.45) is 0.789. The number of benzene rings is 3. The van der Waals surface area contributed by atoms with E-state index >= 15 is 0 Å². The number of nitrogen functional groups attached to an aromatic ring is 2. The van der Waals surface area contributed by atoms with Crippen molar-refractivity contribution >= 4 is 17.2 Å². The smallest absolute Gasteiger partial charge is 0.193 e. The maximum atomic E-state index is 12.4. The van der Waals surface area contributed by atoms with Crippen LogP contribution in [0.15, 0.2) is 72.8 Å². The Morgan fingerprint density at radius 3 is 2.00 bits per heavy atom. The van der Waals surface area contributed by atoms with Gasteiger partial charge < -0.3 is 11.5 Å². The standard InChI is InChI=1S/C20H18N2O/c21-18-5-1-3-15(12-18)11-14-7-9-16(10-8-14)20(23)17-4-2-6-19(22)13-17/h1-10,12-13H,11,21-22H2. The van der Waals surface area contributed by atoms with Gasteiger partial charge >= 0.3 is 0 Å². The highest BCUT2D eigenvalue weighted by atomic mass is 16.1. The molecule has 0 atom stereocenters. The Morgan fingerprint density at radius 2 is 1.35 bits per heavy atom. The summed E-state index contributed by atoms with van der Waals surface area (Å²) in [7, 11) is 0. The van der Waals surface area contributed by atoms with Crippen molar-refractivity contribution in [2.75, 3.05) is 11.5 Å². The maximum Gasteiger partial charge on any atom is 0.193 e. The van der Waals surface area contributed by atoms with Gasteiger partial charge in [-0.3, -0.25) is 4.79 Å². The number of rotatable bonds is 4. The topological polar surface area (TPSA) is 69.1 Å². The zero-order chi connectivity index (χ0) is 16.2. The van der Waals surface area contributed by atoms with Crippen LogP contribution in [0.2, 0.25) is 0 Å². The van der Waals surface area contributed by atoms with Crippen molar-refractivity contribution in [3.05, 3.63) is 95.1 Å². The van der Waals surface area contributed by atoms with E-state index < -0.39 is 0 Å². The van der Waals surface area contributed by atoms with E-state index in [0.29, 0.717) is 16.8 Å². The Bertz CT molecular complexity index is 838. The van der Waals surface area contributed by atoms with Crippen LogP contribution in [0.3, 0.4) is 0 Å². The minimum atomic E-state index is -0.0206. The molecule has 0 aliphatic rings. The van der Waals surface area contributed by atoms with Crippen molar-refractivity contribution in [2.24, 2.45) is 0 Å². The zero-order valence-corrected chi connectivity index (χ0v) is 12.7. The third-order valence-electron chi connectivity index (χ3n) is 3.72. The summed E-state index contributed by atoms with van der Waals surface area (Å²) < 4.78 is 0. The SMILES string of the molecule is Nc1cccc(Cc2ccc(C(=O)c3cccc(N)c3)cc2)c1. The van der Waals surface area contributed by atoms with Crippen LogP contribution in [0.4, 0.5) is 11.4 Å². The van der Waals surface area contributed by atoms with Crippen LogP contribution in [0.5, 0.6) is 0 Å². The molecule has 3 aromatic carbocycles. The first kappa shape index (κ1) is 14.9. The second kappa shape index (κ2) is 6.36. The first-order chi connectivity index (χ1) is 11.1.